The van der Waals surface area contributed by atoms with Gasteiger partial charge in [-0.05, 0) is 62.2 Å². The van der Waals surface area contributed by atoms with Crippen LogP contribution in [-0.2, 0) is 11.8 Å². The zero-order valence-electron chi connectivity index (χ0n) is 21.8. The number of rotatable bonds is 6. The molecule has 9 heteroatoms. The summed E-state index contributed by atoms with van der Waals surface area (Å²) in [5, 5.41) is 3.74. The van der Waals surface area contributed by atoms with E-state index in [-0.39, 0.29) is 17.7 Å². The molecule has 3 heterocycles. The van der Waals surface area contributed by atoms with Gasteiger partial charge in [-0.25, -0.2) is 24.3 Å². The number of fused-ring (bicyclic) bond motifs is 1. The number of benzene rings is 2. The minimum absolute atomic E-state index is 0.0290. The maximum absolute atomic E-state index is 15.4. The molecule has 0 atom stereocenters. The van der Waals surface area contributed by atoms with Gasteiger partial charge in [0, 0.05) is 47.6 Å². The quantitative estimate of drug-likeness (QED) is 0.288. The van der Waals surface area contributed by atoms with E-state index in [0.717, 1.165) is 50.5 Å². The summed E-state index contributed by atoms with van der Waals surface area (Å²) in [6.07, 6.45) is 3.49. The van der Waals surface area contributed by atoms with Crippen LogP contribution in [0.5, 0.6) is 11.8 Å². The maximum atomic E-state index is 15.4. The largest absolute Gasteiger partial charge is 0.421 e. The number of aromatic nitrogens is 5. The number of nitrogens with zero attached hydrogens (tertiary/aromatic N) is 5. The molecule has 0 aliphatic carbocycles. The molecule has 5 aromatic rings. The number of nitrogens with one attached hydrogen (secondary N) is 1. The lowest BCUT2D eigenvalue weighted by molar-refractivity contribution is -0.115. The van der Waals surface area contributed by atoms with E-state index in [1.807, 2.05) is 63.6 Å². The van der Waals surface area contributed by atoms with Gasteiger partial charge in [-0.2, -0.15) is 0 Å². The summed E-state index contributed by atoms with van der Waals surface area (Å²) in [5.74, 6) is -0.567. The standard InChI is InChI=1S/C29H27FN6O2/c1-6-24(37)35-20-8-9-21(16(2)13-20)27-26(25-18(4)32-15-33-28(25)36(27)5)19-7-10-23(22(30)14-19)38-29-31-12-11-17(3)34-29/h7-15H,6H2,1-5H3,(H,35,37). The van der Waals surface area contributed by atoms with Gasteiger partial charge in [0.05, 0.1) is 11.4 Å². The Hall–Kier alpha value is -4.66. The van der Waals surface area contributed by atoms with Crippen LogP contribution in [0.15, 0.2) is 55.0 Å². The Morgan fingerprint density at radius 2 is 1.87 bits per heavy atom. The third-order valence-corrected chi connectivity index (χ3v) is 6.44. The van der Waals surface area contributed by atoms with Crippen LogP contribution < -0.4 is 10.1 Å². The van der Waals surface area contributed by atoms with Gasteiger partial charge in [-0.3, -0.25) is 4.79 Å². The molecule has 192 valence electrons. The van der Waals surface area contributed by atoms with Crippen molar-refractivity contribution in [1.82, 2.24) is 24.5 Å². The van der Waals surface area contributed by atoms with Crippen molar-refractivity contribution < 1.29 is 13.9 Å². The summed E-state index contributed by atoms with van der Waals surface area (Å²) < 4.78 is 23.0. The van der Waals surface area contributed by atoms with E-state index in [1.54, 1.807) is 18.3 Å². The van der Waals surface area contributed by atoms with Gasteiger partial charge in [0.15, 0.2) is 11.6 Å². The van der Waals surface area contributed by atoms with Gasteiger partial charge < -0.3 is 14.6 Å². The summed E-state index contributed by atoms with van der Waals surface area (Å²) in [4.78, 5) is 29.1. The summed E-state index contributed by atoms with van der Waals surface area (Å²) in [6.45, 7) is 7.52. The van der Waals surface area contributed by atoms with Crippen molar-refractivity contribution in [2.75, 3.05) is 5.32 Å². The first-order valence-electron chi connectivity index (χ1n) is 12.2. The number of ether oxygens (including phenoxy) is 1. The molecule has 1 N–H and O–H groups in total. The Kier molecular flexibility index (Phi) is 6.59. The third-order valence-electron chi connectivity index (χ3n) is 6.44. The molecule has 38 heavy (non-hydrogen) atoms. The van der Waals surface area contributed by atoms with Crippen LogP contribution in [-0.4, -0.2) is 30.4 Å². The van der Waals surface area contributed by atoms with E-state index in [9.17, 15) is 4.79 Å². The van der Waals surface area contributed by atoms with Crippen molar-refractivity contribution in [1.29, 1.82) is 0 Å². The molecule has 0 fully saturated rings. The molecule has 0 saturated heterocycles. The van der Waals surface area contributed by atoms with Crippen LogP contribution in [0.4, 0.5) is 10.1 Å². The first-order valence-corrected chi connectivity index (χ1v) is 12.2. The minimum atomic E-state index is -0.542. The number of carbonyl (C=O) groups excluding carboxylic acids is 1. The summed E-state index contributed by atoms with van der Waals surface area (Å²) in [7, 11) is 1.93. The highest BCUT2D eigenvalue weighted by atomic mass is 19.1. The molecule has 0 spiro atoms. The number of amides is 1. The second kappa shape index (κ2) is 10.0. The maximum Gasteiger partial charge on any atom is 0.322 e. The average molecular weight is 511 g/mol. The molecule has 0 unspecified atom stereocenters. The van der Waals surface area contributed by atoms with Gasteiger partial charge in [-0.15, -0.1) is 0 Å². The SMILES string of the molecule is CCC(=O)Nc1ccc(-c2c(-c3ccc(Oc4nccc(C)n4)c(F)c3)c3c(C)ncnc3n2C)c(C)c1. The molecule has 0 saturated carbocycles. The summed E-state index contributed by atoms with van der Waals surface area (Å²) in [6, 6.07) is 12.4. The Labute approximate surface area is 219 Å². The minimum Gasteiger partial charge on any atom is -0.421 e. The van der Waals surface area contributed by atoms with E-state index in [4.69, 9.17) is 4.74 Å². The van der Waals surface area contributed by atoms with Crippen molar-refractivity contribution in [3.8, 4) is 34.1 Å². The Bertz CT molecular complexity index is 1690. The second-order valence-electron chi connectivity index (χ2n) is 9.10. The molecule has 0 bridgehead atoms. The lowest BCUT2D eigenvalue weighted by Gasteiger charge is -2.14. The van der Waals surface area contributed by atoms with Crippen LogP contribution in [0.3, 0.4) is 0 Å². The van der Waals surface area contributed by atoms with Gasteiger partial charge in [0.2, 0.25) is 5.91 Å². The molecule has 2 aromatic carbocycles. The molecule has 3 aromatic heterocycles. The highest BCUT2D eigenvalue weighted by Gasteiger charge is 2.23. The number of carbonyl (C=O) groups is 1. The topological polar surface area (TPSA) is 94.8 Å². The van der Waals surface area contributed by atoms with E-state index in [1.165, 1.54) is 12.4 Å². The second-order valence-corrected chi connectivity index (χ2v) is 9.10. The summed E-state index contributed by atoms with van der Waals surface area (Å²) in [5.41, 5.74) is 7.18. The van der Waals surface area contributed by atoms with Crippen molar-refractivity contribution in [3.05, 3.63) is 77.8 Å². The smallest absolute Gasteiger partial charge is 0.322 e. The Balaban J connectivity index is 1.66. The van der Waals surface area contributed by atoms with Crippen LogP contribution in [0.25, 0.3) is 33.4 Å². The molecule has 8 nitrogen and oxygen atoms in total. The van der Waals surface area contributed by atoms with E-state index >= 15 is 4.39 Å². The fourth-order valence-electron chi connectivity index (χ4n) is 4.57. The zero-order valence-corrected chi connectivity index (χ0v) is 21.8. The molecule has 1 amide bonds. The van der Waals surface area contributed by atoms with Crippen molar-refractivity contribution in [2.24, 2.45) is 7.05 Å². The number of anilines is 1. The molecule has 0 aliphatic rings. The monoisotopic (exact) mass is 510 g/mol. The van der Waals surface area contributed by atoms with Crippen molar-refractivity contribution in [3.63, 3.8) is 0 Å². The van der Waals surface area contributed by atoms with Crippen LogP contribution in [0.2, 0.25) is 0 Å². The Morgan fingerprint density at radius 3 is 2.58 bits per heavy atom. The summed E-state index contributed by atoms with van der Waals surface area (Å²) >= 11 is 0. The number of aryl methyl sites for hydroxylation is 4. The number of hydrogen-bond acceptors (Lipinski definition) is 6. The predicted octanol–water partition coefficient (Wildman–Crippen LogP) is 6.30. The molecular formula is C29H27FN6O2. The van der Waals surface area contributed by atoms with Crippen molar-refractivity contribution >= 4 is 22.6 Å². The molecule has 5 rings (SSSR count). The first-order chi connectivity index (χ1) is 18.3. The molecule has 0 aliphatic heterocycles. The normalized spacial score (nSPS) is 11.1. The molecular weight excluding hydrogens is 483 g/mol. The van der Waals surface area contributed by atoms with Crippen molar-refractivity contribution in [2.45, 2.75) is 34.1 Å². The third kappa shape index (κ3) is 4.58. The highest BCUT2D eigenvalue weighted by molar-refractivity contribution is 6.05. The van der Waals surface area contributed by atoms with E-state index in [0.29, 0.717) is 12.0 Å². The fourth-order valence-corrected chi connectivity index (χ4v) is 4.57. The number of hydrogen-bond donors (Lipinski definition) is 1. The van der Waals surface area contributed by atoms with Crippen LogP contribution >= 0.6 is 0 Å². The van der Waals surface area contributed by atoms with Gasteiger partial charge in [0.1, 0.15) is 12.0 Å². The number of halogens is 1. The van der Waals surface area contributed by atoms with Gasteiger partial charge in [0.25, 0.3) is 0 Å². The predicted molar refractivity (Wildman–Crippen MR) is 145 cm³/mol. The lowest BCUT2D eigenvalue weighted by atomic mass is 9.95. The Morgan fingerprint density at radius 1 is 1.05 bits per heavy atom. The fraction of sp³-hybridized carbons (Fsp3) is 0.207. The van der Waals surface area contributed by atoms with E-state index in [2.05, 4.69) is 25.3 Å². The lowest BCUT2D eigenvalue weighted by Crippen LogP contribution is -2.09. The van der Waals surface area contributed by atoms with Crippen LogP contribution in [0.1, 0.15) is 30.3 Å². The van der Waals surface area contributed by atoms with E-state index < -0.39 is 5.82 Å². The van der Waals surface area contributed by atoms with Crippen LogP contribution in [0, 0.1) is 26.6 Å². The first kappa shape index (κ1) is 25.0. The zero-order chi connectivity index (χ0) is 27.0. The molecule has 0 radical (unpaired) electrons. The average Bonchev–Trinajstić information content (AvgIpc) is 3.18. The van der Waals surface area contributed by atoms with Gasteiger partial charge in [-0.1, -0.05) is 19.1 Å². The van der Waals surface area contributed by atoms with Gasteiger partial charge >= 0.3 is 6.01 Å². The highest BCUT2D eigenvalue weighted by Crippen LogP contribution is 2.43.